The van der Waals surface area contributed by atoms with E-state index in [0.29, 0.717) is 5.82 Å². The van der Waals surface area contributed by atoms with Gasteiger partial charge in [0.1, 0.15) is 5.69 Å². The van der Waals surface area contributed by atoms with Crippen LogP contribution in [0, 0.1) is 0 Å². The van der Waals surface area contributed by atoms with Crippen molar-refractivity contribution >= 4 is 43.2 Å². The molecule has 9 rings (SSSR count). The zero-order valence-electron chi connectivity index (χ0n) is 24.8. The van der Waals surface area contributed by atoms with E-state index in [1.165, 1.54) is 16.2 Å². The Hall–Kier alpha value is -6.26. The van der Waals surface area contributed by atoms with Gasteiger partial charge in [0.25, 0.3) is 0 Å². The van der Waals surface area contributed by atoms with Crippen LogP contribution in [0.5, 0.6) is 0 Å². The lowest BCUT2D eigenvalue weighted by molar-refractivity contribution is 1.15. The highest BCUT2D eigenvalue weighted by molar-refractivity contribution is 6.23. The van der Waals surface area contributed by atoms with Gasteiger partial charge in [-0.1, -0.05) is 140 Å². The van der Waals surface area contributed by atoms with Crippen molar-refractivity contribution < 1.29 is 0 Å². The van der Waals surface area contributed by atoms with Crippen molar-refractivity contribution in [3.63, 3.8) is 0 Å². The fourth-order valence-corrected chi connectivity index (χ4v) is 6.55. The highest BCUT2D eigenvalue weighted by Gasteiger charge is 2.19. The van der Waals surface area contributed by atoms with Crippen LogP contribution in [0.25, 0.3) is 88.5 Å². The highest BCUT2D eigenvalue weighted by atomic mass is 14.9. The minimum atomic E-state index is 0.588. The molecule has 0 saturated carbocycles. The summed E-state index contributed by atoms with van der Waals surface area (Å²) >= 11 is 0. The molecule has 0 unspecified atom stereocenters. The van der Waals surface area contributed by atoms with Crippen LogP contribution in [0.4, 0.5) is 0 Å². The first kappa shape index (κ1) is 26.2. The van der Waals surface area contributed by atoms with E-state index in [0.717, 1.165) is 66.5 Å². The second-order valence-electron chi connectivity index (χ2n) is 11.4. The smallest absolute Gasteiger partial charge is 0.179 e. The summed E-state index contributed by atoms with van der Waals surface area (Å²) in [7, 11) is 0. The Morgan fingerprint density at radius 3 is 1.70 bits per heavy atom. The molecular weight excluding hydrogens is 560 g/mol. The Morgan fingerprint density at radius 2 is 0.978 bits per heavy atom. The Balaban J connectivity index is 1.31. The monoisotopic (exact) mass is 586 g/mol. The molecule has 0 fully saturated rings. The van der Waals surface area contributed by atoms with Crippen molar-refractivity contribution in [1.82, 2.24) is 19.9 Å². The van der Waals surface area contributed by atoms with Crippen molar-refractivity contribution in [2.24, 2.45) is 0 Å². The van der Waals surface area contributed by atoms with E-state index >= 15 is 0 Å². The van der Waals surface area contributed by atoms with Crippen molar-refractivity contribution in [2.45, 2.75) is 0 Å². The van der Waals surface area contributed by atoms with Gasteiger partial charge in [0.05, 0.1) is 22.6 Å². The van der Waals surface area contributed by atoms with E-state index in [1.807, 2.05) is 42.6 Å². The average Bonchev–Trinajstić information content (AvgIpc) is 3.14. The van der Waals surface area contributed by atoms with Crippen LogP contribution in [0.3, 0.4) is 0 Å². The maximum Gasteiger partial charge on any atom is 0.179 e. The summed E-state index contributed by atoms with van der Waals surface area (Å²) in [6.45, 7) is 0. The molecule has 0 bridgehead atoms. The van der Waals surface area contributed by atoms with Gasteiger partial charge in [0, 0.05) is 44.4 Å². The summed E-state index contributed by atoms with van der Waals surface area (Å²) in [4.78, 5) is 20.6. The summed E-state index contributed by atoms with van der Waals surface area (Å²) in [6, 6.07) is 52.3. The lowest BCUT2D eigenvalue weighted by atomic mass is 9.94. The van der Waals surface area contributed by atoms with E-state index in [2.05, 4.69) is 115 Å². The van der Waals surface area contributed by atoms with Gasteiger partial charge in [0.15, 0.2) is 5.82 Å². The third-order valence-corrected chi connectivity index (χ3v) is 8.72. The van der Waals surface area contributed by atoms with Crippen LogP contribution in [0.2, 0.25) is 0 Å². The molecular formula is C42H26N4. The minimum absolute atomic E-state index is 0.588. The summed E-state index contributed by atoms with van der Waals surface area (Å²) in [6.07, 6.45) is 1.95. The fourth-order valence-electron chi connectivity index (χ4n) is 6.55. The van der Waals surface area contributed by atoms with Gasteiger partial charge in [-0.3, -0.25) is 4.98 Å². The van der Waals surface area contributed by atoms with Crippen LogP contribution in [-0.2, 0) is 0 Å². The first-order chi connectivity index (χ1) is 22.8. The SMILES string of the molecule is c1ccc(-c2cc(-c3ccccc3)nc(-c3ncc(-c4nc5ccccc5c5c4ccc4ccccc45)c4ccccc34)n2)cc1. The number of pyridine rings is 2. The number of hydrogen-bond acceptors (Lipinski definition) is 4. The van der Waals surface area contributed by atoms with E-state index in [9.17, 15) is 0 Å². The van der Waals surface area contributed by atoms with Gasteiger partial charge >= 0.3 is 0 Å². The zero-order valence-corrected chi connectivity index (χ0v) is 24.8. The first-order valence-electron chi connectivity index (χ1n) is 15.4. The first-order valence-corrected chi connectivity index (χ1v) is 15.4. The van der Waals surface area contributed by atoms with Gasteiger partial charge in [0.2, 0.25) is 0 Å². The van der Waals surface area contributed by atoms with E-state index < -0.39 is 0 Å². The summed E-state index contributed by atoms with van der Waals surface area (Å²) in [5.41, 5.74) is 7.37. The maximum absolute atomic E-state index is 5.27. The van der Waals surface area contributed by atoms with Crippen molar-refractivity contribution in [2.75, 3.05) is 0 Å². The maximum atomic E-state index is 5.27. The molecule has 0 amide bonds. The third kappa shape index (κ3) is 4.31. The van der Waals surface area contributed by atoms with Crippen molar-refractivity contribution in [3.05, 3.63) is 158 Å². The molecule has 0 N–H and O–H groups in total. The number of aromatic nitrogens is 4. The molecule has 0 aliphatic carbocycles. The third-order valence-electron chi connectivity index (χ3n) is 8.72. The van der Waals surface area contributed by atoms with Crippen LogP contribution < -0.4 is 0 Å². The normalized spacial score (nSPS) is 11.5. The van der Waals surface area contributed by atoms with E-state index in [-0.39, 0.29) is 0 Å². The molecule has 0 aliphatic heterocycles. The number of hydrogen-bond donors (Lipinski definition) is 0. The molecule has 6 aromatic carbocycles. The topological polar surface area (TPSA) is 51.6 Å². The molecule has 3 heterocycles. The molecule has 0 spiro atoms. The van der Waals surface area contributed by atoms with Crippen molar-refractivity contribution in [3.8, 4) is 45.3 Å². The quantitative estimate of drug-likeness (QED) is 0.193. The predicted octanol–water partition coefficient (Wildman–Crippen LogP) is 10.5. The Bertz CT molecular complexity index is 2500. The lowest BCUT2D eigenvalue weighted by Crippen LogP contribution is -1.99. The largest absolute Gasteiger partial charge is 0.252 e. The van der Waals surface area contributed by atoms with Gasteiger partial charge in [-0.2, -0.15) is 0 Å². The fraction of sp³-hybridized carbons (Fsp3) is 0. The molecule has 0 radical (unpaired) electrons. The summed E-state index contributed by atoms with van der Waals surface area (Å²) < 4.78 is 0. The zero-order chi connectivity index (χ0) is 30.5. The Morgan fingerprint density at radius 1 is 0.391 bits per heavy atom. The molecule has 0 aliphatic rings. The second-order valence-corrected chi connectivity index (χ2v) is 11.4. The molecule has 3 aromatic heterocycles. The molecule has 0 atom stereocenters. The van der Waals surface area contributed by atoms with Gasteiger partial charge < -0.3 is 0 Å². The van der Waals surface area contributed by atoms with E-state index in [1.54, 1.807) is 0 Å². The Kier molecular flexibility index (Phi) is 6.10. The van der Waals surface area contributed by atoms with Gasteiger partial charge in [-0.15, -0.1) is 0 Å². The minimum Gasteiger partial charge on any atom is -0.252 e. The van der Waals surface area contributed by atoms with Gasteiger partial charge in [-0.05, 0) is 28.3 Å². The van der Waals surface area contributed by atoms with E-state index in [4.69, 9.17) is 19.9 Å². The molecule has 46 heavy (non-hydrogen) atoms. The highest BCUT2D eigenvalue weighted by Crippen LogP contribution is 2.40. The van der Waals surface area contributed by atoms with Crippen LogP contribution in [0.15, 0.2) is 158 Å². The predicted molar refractivity (Wildman–Crippen MR) is 189 cm³/mol. The molecule has 0 saturated heterocycles. The number of rotatable bonds is 4. The lowest BCUT2D eigenvalue weighted by Gasteiger charge is -2.15. The molecule has 4 heteroatoms. The molecule has 214 valence electrons. The standard InChI is InChI=1S/C42H26N4/c1-3-14-28(15-4-1)37-25-38(29-16-5-2-6-17-29)46-42(45-37)41-32-20-10-9-19-31(32)35(26-43-41)40-34-24-23-27-13-7-8-18-30(27)39(34)33-21-11-12-22-36(33)44-40/h1-26H. The molecule has 9 aromatic rings. The number of nitrogens with zero attached hydrogens (tertiary/aromatic N) is 4. The number of fused-ring (bicyclic) bond motifs is 6. The Labute approximate surface area is 265 Å². The summed E-state index contributed by atoms with van der Waals surface area (Å²) in [5.74, 6) is 0.588. The average molecular weight is 587 g/mol. The van der Waals surface area contributed by atoms with Crippen molar-refractivity contribution in [1.29, 1.82) is 0 Å². The van der Waals surface area contributed by atoms with Crippen LogP contribution >= 0.6 is 0 Å². The number of benzene rings is 6. The molecule has 4 nitrogen and oxygen atoms in total. The van der Waals surface area contributed by atoms with Gasteiger partial charge in [-0.25, -0.2) is 15.0 Å². The van der Waals surface area contributed by atoms with Crippen LogP contribution in [-0.4, -0.2) is 19.9 Å². The van der Waals surface area contributed by atoms with Crippen LogP contribution in [0.1, 0.15) is 0 Å². The summed E-state index contributed by atoms with van der Waals surface area (Å²) in [5, 5.41) is 7.91. The number of para-hydroxylation sites is 1. The second kappa shape index (κ2) is 10.7.